The second kappa shape index (κ2) is 4.73. The summed E-state index contributed by atoms with van der Waals surface area (Å²) >= 11 is 6.11. The molecule has 16 heavy (non-hydrogen) atoms. The Morgan fingerprint density at radius 3 is 2.88 bits per heavy atom. The van der Waals surface area contributed by atoms with Gasteiger partial charge in [-0.1, -0.05) is 11.6 Å². The van der Waals surface area contributed by atoms with Crippen molar-refractivity contribution in [3.05, 3.63) is 16.9 Å². The maximum absolute atomic E-state index is 6.11. The van der Waals surface area contributed by atoms with Gasteiger partial charge in [0, 0.05) is 26.2 Å². The van der Waals surface area contributed by atoms with Crippen LogP contribution >= 0.6 is 11.6 Å². The highest BCUT2D eigenvalue weighted by Crippen LogP contribution is 2.26. The van der Waals surface area contributed by atoms with Gasteiger partial charge in [-0.2, -0.15) is 5.10 Å². The van der Waals surface area contributed by atoms with E-state index in [0.717, 1.165) is 30.4 Å². The molecule has 0 saturated carbocycles. The zero-order valence-electron chi connectivity index (χ0n) is 9.86. The minimum absolute atomic E-state index is 0.583. The van der Waals surface area contributed by atoms with E-state index in [4.69, 9.17) is 17.3 Å². The number of hydrogen-bond acceptors (Lipinski definition) is 3. The highest BCUT2D eigenvalue weighted by atomic mass is 35.5. The lowest BCUT2D eigenvalue weighted by molar-refractivity contribution is 0.249. The third kappa shape index (κ3) is 2.24. The van der Waals surface area contributed by atoms with Crippen molar-refractivity contribution in [3.8, 4) is 0 Å². The normalized spacial score (nSPS) is 26.5. The second-order valence-electron chi connectivity index (χ2n) is 4.68. The average Bonchev–Trinajstić information content (AvgIpc) is 2.76. The summed E-state index contributed by atoms with van der Waals surface area (Å²) in [5, 5.41) is 4.91. The largest absolute Gasteiger partial charge is 0.330 e. The number of rotatable bonds is 3. The molecule has 2 rings (SSSR count). The highest BCUT2D eigenvalue weighted by Gasteiger charge is 2.28. The third-order valence-corrected chi connectivity index (χ3v) is 3.80. The first kappa shape index (κ1) is 11.9. The van der Waals surface area contributed by atoms with Crippen LogP contribution in [0.25, 0.3) is 0 Å². The first-order valence-electron chi connectivity index (χ1n) is 5.72. The summed E-state index contributed by atoms with van der Waals surface area (Å²) in [7, 11) is 1.93. The van der Waals surface area contributed by atoms with Gasteiger partial charge in [-0.15, -0.1) is 0 Å². The fraction of sp³-hybridized carbons (Fsp3) is 0.727. The SMILES string of the molecule is CC1CC(CN)CN1Cc1c(Cl)cnn1C. The lowest BCUT2D eigenvalue weighted by Gasteiger charge is -2.21. The average molecular weight is 243 g/mol. The molecule has 1 aliphatic rings. The first-order chi connectivity index (χ1) is 7.61. The molecule has 2 atom stereocenters. The number of hydrogen-bond donors (Lipinski definition) is 1. The van der Waals surface area contributed by atoms with Crippen LogP contribution in [0.3, 0.4) is 0 Å². The van der Waals surface area contributed by atoms with Gasteiger partial charge in [0.2, 0.25) is 0 Å². The monoisotopic (exact) mass is 242 g/mol. The van der Waals surface area contributed by atoms with E-state index in [1.165, 1.54) is 6.42 Å². The molecule has 2 unspecified atom stereocenters. The molecule has 0 aliphatic carbocycles. The summed E-state index contributed by atoms with van der Waals surface area (Å²) in [6.07, 6.45) is 2.89. The number of nitrogens with two attached hydrogens (primary N) is 1. The van der Waals surface area contributed by atoms with Crippen LogP contribution in [0.1, 0.15) is 19.0 Å². The Balaban J connectivity index is 2.05. The molecule has 90 valence electrons. The zero-order valence-corrected chi connectivity index (χ0v) is 10.6. The van der Waals surface area contributed by atoms with Crippen LogP contribution in [0.15, 0.2) is 6.20 Å². The Kier molecular flexibility index (Phi) is 3.52. The molecule has 0 amide bonds. The molecule has 2 heterocycles. The topological polar surface area (TPSA) is 47.1 Å². The fourth-order valence-electron chi connectivity index (χ4n) is 2.42. The summed E-state index contributed by atoms with van der Waals surface area (Å²) in [4.78, 5) is 2.43. The number of halogens is 1. The van der Waals surface area contributed by atoms with Crippen LogP contribution in [0.2, 0.25) is 5.02 Å². The van der Waals surface area contributed by atoms with Gasteiger partial charge in [0.25, 0.3) is 0 Å². The van der Waals surface area contributed by atoms with Crippen LogP contribution in [0, 0.1) is 5.92 Å². The molecular weight excluding hydrogens is 224 g/mol. The molecule has 1 aromatic heterocycles. The second-order valence-corrected chi connectivity index (χ2v) is 5.09. The number of aromatic nitrogens is 2. The highest BCUT2D eigenvalue weighted by molar-refractivity contribution is 6.31. The van der Waals surface area contributed by atoms with E-state index in [-0.39, 0.29) is 0 Å². The van der Waals surface area contributed by atoms with Gasteiger partial charge >= 0.3 is 0 Å². The van der Waals surface area contributed by atoms with Gasteiger partial charge in [0.15, 0.2) is 0 Å². The molecule has 5 heteroatoms. The standard InChI is InChI=1S/C11H19ClN4/c1-8-3-9(4-13)6-16(8)7-11-10(12)5-14-15(11)2/h5,8-9H,3-4,6-7,13H2,1-2H3. The molecule has 0 spiro atoms. The minimum Gasteiger partial charge on any atom is -0.330 e. The van der Waals surface area contributed by atoms with Crippen LogP contribution in [-0.4, -0.2) is 33.8 Å². The van der Waals surface area contributed by atoms with Crippen molar-refractivity contribution in [3.63, 3.8) is 0 Å². The molecule has 1 fully saturated rings. The van der Waals surface area contributed by atoms with Crippen molar-refractivity contribution in [2.45, 2.75) is 25.9 Å². The Morgan fingerprint density at radius 2 is 2.38 bits per heavy atom. The van der Waals surface area contributed by atoms with Crippen LogP contribution in [0.5, 0.6) is 0 Å². The lowest BCUT2D eigenvalue weighted by Crippen LogP contribution is -2.28. The number of likely N-dealkylation sites (tertiary alicyclic amines) is 1. The molecule has 0 aromatic carbocycles. The summed E-state index contributed by atoms with van der Waals surface area (Å²) in [6, 6.07) is 0.583. The Labute approximate surface area is 101 Å². The molecule has 2 N–H and O–H groups in total. The smallest absolute Gasteiger partial charge is 0.0831 e. The molecule has 1 saturated heterocycles. The van der Waals surface area contributed by atoms with Gasteiger partial charge in [-0.3, -0.25) is 9.58 Å². The quantitative estimate of drug-likeness (QED) is 0.868. The Bertz CT molecular complexity index is 343. The van der Waals surface area contributed by atoms with E-state index in [9.17, 15) is 0 Å². The molecule has 1 aliphatic heterocycles. The predicted molar refractivity (Wildman–Crippen MR) is 65.3 cm³/mol. The van der Waals surface area contributed by atoms with E-state index >= 15 is 0 Å². The van der Waals surface area contributed by atoms with Gasteiger partial charge in [-0.05, 0) is 25.8 Å². The maximum Gasteiger partial charge on any atom is 0.0831 e. The predicted octanol–water partition coefficient (Wildman–Crippen LogP) is 1.24. The zero-order chi connectivity index (χ0) is 11.7. The van der Waals surface area contributed by atoms with E-state index in [1.54, 1.807) is 6.20 Å². The first-order valence-corrected chi connectivity index (χ1v) is 6.10. The molecule has 1 aromatic rings. The van der Waals surface area contributed by atoms with Crippen LogP contribution in [-0.2, 0) is 13.6 Å². The van der Waals surface area contributed by atoms with Gasteiger partial charge in [-0.25, -0.2) is 0 Å². The lowest BCUT2D eigenvalue weighted by atomic mass is 10.1. The number of aryl methyl sites for hydroxylation is 1. The van der Waals surface area contributed by atoms with Crippen molar-refractivity contribution >= 4 is 11.6 Å². The number of nitrogens with zero attached hydrogens (tertiary/aromatic N) is 3. The fourth-order valence-corrected chi connectivity index (χ4v) is 2.64. The maximum atomic E-state index is 6.11. The van der Waals surface area contributed by atoms with E-state index in [1.807, 2.05) is 11.7 Å². The van der Waals surface area contributed by atoms with Crippen molar-refractivity contribution in [2.75, 3.05) is 13.1 Å². The van der Waals surface area contributed by atoms with Crippen LogP contribution in [0.4, 0.5) is 0 Å². The molecule has 0 radical (unpaired) electrons. The minimum atomic E-state index is 0.583. The Morgan fingerprint density at radius 1 is 1.62 bits per heavy atom. The summed E-state index contributed by atoms with van der Waals surface area (Å²) in [5.74, 6) is 0.627. The summed E-state index contributed by atoms with van der Waals surface area (Å²) in [6.45, 7) is 4.96. The van der Waals surface area contributed by atoms with Gasteiger partial charge in [0.1, 0.15) is 0 Å². The van der Waals surface area contributed by atoms with Gasteiger partial charge < -0.3 is 5.73 Å². The van der Waals surface area contributed by atoms with E-state index in [0.29, 0.717) is 12.0 Å². The van der Waals surface area contributed by atoms with Crippen molar-refractivity contribution in [1.82, 2.24) is 14.7 Å². The van der Waals surface area contributed by atoms with Crippen molar-refractivity contribution in [2.24, 2.45) is 18.7 Å². The van der Waals surface area contributed by atoms with Crippen LogP contribution < -0.4 is 5.73 Å². The molecule has 4 nitrogen and oxygen atoms in total. The van der Waals surface area contributed by atoms with E-state index < -0.39 is 0 Å². The third-order valence-electron chi connectivity index (χ3n) is 3.49. The van der Waals surface area contributed by atoms with Crippen molar-refractivity contribution in [1.29, 1.82) is 0 Å². The van der Waals surface area contributed by atoms with E-state index in [2.05, 4.69) is 16.9 Å². The summed E-state index contributed by atoms with van der Waals surface area (Å²) in [5.41, 5.74) is 6.81. The Hall–Kier alpha value is -0.580. The van der Waals surface area contributed by atoms with Gasteiger partial charge in [0.05, 0.1) is 16.9 Å². The molecular formula is C11H19ClN4. The van der Waals surface area contributed by atoms with Crippen molar-refractivity contribution < 1.29 is 0 Å². The molecule has 0 bridgehead atoms. The summed E-state index contributed by atoms with van der Waals surface area (Å²) < 4.78 is 1.85.